The summed E-state index contributed by atoms with van der Waals surface area (Å²) >= 11 is 12.4. The van der Waals surface area contributed by atoms with Crippen LogP contribution >= 0.6 is 23.2 Å². The Morgan fingerprint density at radius 2 is 1.03 bits per heavy atom. The van der Waals surface area contributed by atoms with Crippen LogP contribution < -0.4 is 0 Å². The molecule has 29 heavy (non-hydrogen) atoms. The molecular weight excluding hydrogens is 409 g/mol. The van der Waals surface area contributed by atoms with Gasteiger partial charge in [0.15, 0.2) is 0 Å². The van der Waals surface area contributed by atoms with Crippen LogP contribution in [-0.4, -0.2) is 0 Å². The van der Waals surface area contributed by atoms with Crippen molar-refractivity contribution in [1.82, 2.24) is 0 Å². The van der Waals surface area contributed by atoms with Crippen LogP contribution in [0.25, 0.3) is 33.4 Å². The van der Waals surface area contributed by atoms with Gasteiger partial charge in [0.05, 0.1) is 0 Å². The van der Waals surface area contributed by atoms with Crippen LogP contribution in [0.1, 0.15) is 5.56 Å². The first-order chi connectivity index (χ1) is 13.9. The Morgan fingerprint density at radius 1 is 0.552 bits per heavy atom. The van der Waals surface area contributed by atoms with E-state index in [1.54, 1.807) is 30.3 Å². The number of rotatable bonds is 3. The second-order valence-electron chi connectivity index (χ2n) is 6.89. The Labute approximate surface area is 178 Å². The molecule has 0 aliphatic rings. The Kier molecular flexibility index (Phi) is 5.40. The molecule has 0 atom stereocenters. The Bertz CT molecular complexity index is 1160. The van der Waals surface area contributed by atoms with Crippen LogP contribution in [0.3, 0.4) is 0 Å². The minimum atomic E-state index is -0.299. The van der Waals surface area contributed by atoms with Crippen LogP contribution in [0.2, 0.25) is 10.0 Å². The average Bonchev–Trinajstić information content (AvgIpc) is 2.68. The summed E-state index contributed by atoms with van der Waals surface area (Å²) in [5.41, 5.74) is 6.47. The predicted octanol–water partition coefficient (Wildman–Crippen LogP) is 8.58. The van der Waals surface area contributed by atoms with E-state index in [2.05, 4.69) is 0 Å². The summed E-state index contributed by atoms with van der Waals surface area (Å²) in [6, 6.07) is 22.2. The third-order valence-electron chi connectivity index (χ3n) is 4.82. The van der Waals surface area contributed by atoms with Crippen LogP contribution in [0.5, 0.6) is 0 Å². The minimum Gasteiger partial charge on any atom is -0.207 e. The topological polar surface area (TPSA) is 0 Å². The van der Waals surface area contributed by atoms with E-state index in [4.69, 9.17) is 23.2 Å². The summed E-state index contributed by atoms with van der Waals surface area (Å²) in [4.78, 5) is 0. The monoisotopic (exact) mass is 424 g/mol. The summed E-state index contributed by atoms with van der Waals surface area (Å²) in [6.07, 6.45) is 0. The minimum absolute atomic E-state index is 0.292. The summed E-state index contributed by atoms with van der Waals surface area (Å²) in [5.74, 6) is -0.591. The third-order valence-corrected chi connectivity index (χ3v) is 5.26. The molecule has 0 bridgehead atoms. The van der Waals surface area contributed by atoms with Gasteiger partial charge in [-0.2, -0.15) is 0 Å². The standard InChI is InChI=1S/C25H16Cl2F2/c1-15-10-18(19-11-20(26)14-21(27)12-19)13-24(16-2-6-22(28)7-3-16)25(15)17-4-8-23(29)9-5-17/h2-14H,1H3. The van der Waals surface area contributed by atoms with Crippen molar-refractivity contribution in [3.63, 3.8) is 0 Å². The van der Waals surface area contributed by atoms with Crippen LogP contribution in [-0.2, 0) is 0 Å². The van der Waals surface area contributed by atoms with Gasteiger partial charge in [-0.3, -0.25) is 0 Å². The third kappa shape index (κ3) is 4.19. The maximum atomic E-state index is 13.5. The Morgan fingerprint density at radius 3 is 1.59 bits per heavy atom. The van der Waals surface area contributed by atoms with Gasteiger partial charge in [-0.25, -0.2) is 8.78 Å². The van der Waals surface area contributed by atoms with Gasteiger partial charge in [-0.05, 0) is 94.4 Å². The molecule has 144 valence electrons. The smallest absolute Gasteiger partial charge is 0.123 e. The second kappa shape index (κ2) is 7.98. The Balaban J connectivity index is 1.98. The number of hydrogen-bond acceptors (Lipinski definition) is 0. The van der Waals surface area contributed by atoms with Crippen molar-refractivity contribution in [2.24, 2.45) is 0 Å². The molecule has 0 radical (unpaired) electrons. The number of hydrogen-bond donors (Lipinski definition) is 0. The molecular formula is C25H16Cl2F2. The van der Waals surface area contributed by atoms with E-state index < -0.39 is 0 Å². The normalized spacial score (nSPS) is 10.9. The molecule has 0 aliphatic carbocycles. The average molecular weight is 425 g/mol. The first-order valence-electron chi connectivity index (χ1n) is 9.04. The molecule has 0 saturated carbocycles. The maximum absolute atomic E-state index is 13.5. The molecule has 0 unspecified atom stereocenters. The zero-order chi connectivity index (χ0) is 20.5. The molecule has 4 aromatic rings. The van der Waals surface area contributed by atoms with Crippen molar-refractivity contribution in [1.29, 1.82) is 0 Å². The second-order valence-corrected chi connectivity index (χ2v) is 7.76. The highest BCUT2D eigenvalue weighted by molar-refractivity contribution is 6.35. The SMILES string of the molecule is Cc1cc(-c2cc(Cl)cc(Cl)c2)cc(-c2ccc(F)cc2)c1-c1ccc(F)cc1. The fourth-order valence-corrected chi connectivity index (χ4v) is 4.06. The summed E-state index contributed by atoms with van der Waals surface area (Å²) in [7, 11) is 0. The van der Waals surface area contributed by atoms with Crippen molar-refractivity contribution < 1.29 is 8.78 Å². The molecule has 0 heterocycles. The molecule has 0 fully saturated rings. The van der Waals surface area contributed by atoms with Gasteiger partial charge in [0.2, 0.25) is 0 Å². The number of benzene rings is 4. The number of halogens is 4. The van der Waals surface area contributed by atoms with E-state index in [1.165, 1.54) is 24.3 Å². The van der Waals surface area contributed by atoms with Gasteiger partial charge < -0.3 is 0 Å². The zero-order valence-corrected chi connectivity index (χ0v) is 17.0. The molecule has 4 heteroatoms. The molecule has 0 aromatic heterocycles. The highest BCUT2D eigenvalue weighted by Crippen LogP contribution is 2.39. The lowest BCUT2D eigenvalue weighted by atomic mass is 9.87. The molecule has 0 saturated heterocycles. The summed E-state index contributed by atoms with van der Waals surface area (Å²) < 4.78 is 27.0. The largest absolute Gasteiger partial charge is 0.207 e. The molecule has 0 amide bonds. The van der Waals surface area contributed by atoms with Crippen LogP contribution in [0, 0.1) is 18.6 Å². The van der Waals surface area contributed by atoms with Gasteiger partial charge in [0.25, 0.3) is 0 Å². The Hall–Kier alpha value is -2.68. The quantitative estimate of drug-likeness (QED) is 0.308. The molecule has 4 rings (SSSR count). The highest BCUT2D eigenvalue weighted by atomic mass is 35.5. The van der Waals surface area contributed by atoms with Gasteiger partial charge in [-0.1, -0.05) is 53.5 Å². The van der Waals surface area contributed by atoms with Crippen molar-refractivity contribution >= 4 is 23.2 Å². The van der Waals surface area contributed by atoms with Crippen molar-refractivity contribution in [2.45, 2.75) is 6.92 Å². The van der Waals surface area contributed by atoms with Crippen LogP contribution in [0.15, 0.2) is 78.9 Å². The molecule has 0 nitrogen and oxygen atoms in total. The van der Waals surface area contributed by atoms with E-state index >= 15 is 0 Å². The summed E-state index contributed by atoms with van der Waals surface area (Å²) in [6.45, 7) is 2.00. The predicted molar refractivity (Wildman–Crippen MR) is 117 cm³/mol. The fourth-order valence-electron chi connectivity index (χ4n) is 3.53. The zero-order valence-electron chi connectivity index (χ0n) is 15.5. The van der Waals surface area contributed by atoms with Gasteiger partial charge in [0, 0.05) is 10.0 Å². The van der Waals surface area contributed by atoms with Crippen molar-refractivity contribution in [3.05, 3.63) is 106 Å². The van der Waals surface area contributed by atoms with E-state index in [0.717, 1.165) is 38.9 Å². The molecule has 0 N–H and O–H groups in total. The number of aryl methyl sites for hydroxylation is 1. The lowest BCUT2D eigenvalue weighted by Crippen LogP contribution is -1.93. The first kappa shape index (κ1) is 19.6. The van der Waals surface area contributed by atoms with Crippen molar-refractivity contribution in [2.75, 3.05) is 0 Å². The fraction of sp³-hybridized carbons (Fsp3) is 0.0400. The van der Waals surface area contributed by atoms with Gasteiger partial charge in [-0.15, -0.1) is 0 Å². The first-order valence-corrected chi connectivity index (χ1v) is 9.79. The van der Waals surface area contributed by atoms with Crippen LogP contribution in [0.4, 0.5) is 8.78 Å². The van der Waals surface area contributed by atoms with E-state index in [-0.39, 0.29) is 11.6 Å². The highest BCUT2D eigenvalue weighted by Gasteiger charge is 2.14. The lowest BCUT2D eigenvalue weighted by Gasteiger charge is -2.17. The van der Waals surface area contributed by atoms with E-state index in [1.807, 2.05) is 31.2 Å². The lowest BCUT2D eigenvalue weighted by molar-refractivity contribution is 0.627. The molecule has 0 spiro atoms. The van der Waals surface area contributed by atoms with Gasteiger partial charge in [0.1, 0.15) is 11.6 Å². The van der Waals surface area contributed by atoms with Crippen molar-refractivity contribution in [3.8, 4) is 33.4 Å². The van der Waals surface area contributed by atoms with E-state index in [9.17, 15) is 8.78 Å². The molecule has 0 aliphatic heterocycles. The maximum Gasteiger partial charge on any atom is 0.123 e. The summed E-state index contributed by atoms with van der Waals surface area (Å²) in [5, 5.41) is 1.10. The van der Waals surface area contributed by atoms with E-state index in [0.29, 0.717) is 10.0 Å². The van der Waals surface area contributed by atoms with Gasteiger partial charge >= 0.3 is 0 Å². The molecule has 4 aromatic carbocycles.